The van der Waals surface area contributed by atoms with Gasteiger partial charge in [0.25, 0.3) is 0 Å². The number of halogens is 1. The minimum atomic E-state index is -0.135. The van der Waals surface area contributed by atoms with E-state index in [9.17, 15) is 4.39 Å². The van der Waals surface area contributed by atoms with Crippen LogP contribution in [0.5, 0.6) is 0 Å². The highest BCUT2D eigenvalue weighted by molar-refractivity contribution is 5.48. The molecular formula is C18H23FN2. The first kappa shape index (κ1) is 15.5. The Kier molecular flexibility index (Phi) is 5.34. The van der Waals surface area contributed by atoms with Gasteiger partial charge in [0.2, 0.25) is 0 Å². The Morgan fingerprint density at radius 3 is 2.52 bits per heavy atom. The number of hydrogen-bond acceptors (Lipinski definition) is 2. The fraction of sp³-hybridized carbons (Fsp3) is 0.333. The standard InChI is InChI=1S/C18H23FN2/c1-4-20-18(13-14-8-5-6-11-17(14)19)15-9-7-10-16(12-15)21(2)3/h5-12,18,20H,4,13H2,1-3H3. The second-order valence-corrected chi connectivity index (χ2v) is 5.40. The third-order valence-corrected chi connectivity index (χ3v) is 3.62. The van der Waals surface area contributed by atoms with Crippen LogP contribution in [0.25, 0.3) is 0 Å². The number of hydrogen-bond donors (Lipinski definition) is 1. The molecule has 2 aromatic rings. The van der Waals surface area contributed by atoms with E-state index < -0.39 is 0 Å². The molecule has 0 saturated carbocycles. The van der Waals surface area contributed by atoms with Gasteiger partial charge in [-0.3, -0.25) is 0 Å². The highest BCUT2D eigenvalue weighted by Gasteiger charge is 2.14. The summed E-state index contributed by atoms with van der Waals surface area (Å²) in [5, 5.41) is 3.46. The predicted molar refractivity (Wildman–Crippen MR) is 87.3 cm³/mol. The number of rotatable bonds is 6. The van der Waals surface area contributed by atoms with Crippen LogP contribution in [-0.4, -0.2) is 20.6 Å². The second-order valence-electron chi connectivity index (χ2n) is 5.40. The van der Waals surface area contributed by atoms with Crippen LogP contribution in [0.4, 0.5) is 10.1 Å². The first-order valence-electron chi connectivity index (χ1n) is 7.36. The SMILES string of the molecule is CCNC(Cc1ccccc1F)c1cccc(N(C)C)c1. The zero-order valence-corrected chi connectivity index (χ0v) is 12.9. The van der Waals surface area contributed by atoms with E-state index in [1.165, 1.54) is 11.6 Å². The first-order valence-corrected chi connectivity index (χ1v) is 7.36. The average Bonchev–Trinajstić information content (AvgIpc) is 2.49. The smallest absolute Gasteiger partial charge is 0.126 e. The van der Waals surface area contributed by atoms with Crippen molar-refractivity contribution in [2.45, 2.75) is 19.4 Å². The lowest BCUT2D eigenvalue weighted by Gasteiger charge is -2.21. The topological polar surface area (TPSA) is 15.3 Å². The van der Waals surface area contributed by atoms with Crippen molar-refractivity contribution in [3.8, 4) is 0 Å². The molecular weight excluding hydrogens is 263 g/mol. The molecule has 0 radical (unpaired) electrons. The maximum absolute atomic E-state index is 13.9. The van der Waals surface area contributed by atoms with Crippen LogP contribution in [0, 0.1) is 5.82 Å². The molecule has 0 bridgehead atoms. The van der Waals surface area contributed by atoms with Gasteiger partial charge in [-0.1, -0.05) is 37.3 Å². The number of nitrogens with zero attached hydrogens (tertiary/aromatic N) is 1. The van der Waals surface area contributed by atoms with Crippen LogP contribution in [0.1, 0.15) is 24.1 Å². The molecule has 0 fully saturated rings. The van der Waals surface area contributed by atoms with E-state index in [0.29, 0.717) is 6.42 Å². The van der Waals surface area contributed by atoms with Crippen LogP contribution >= 0.6 is 0 Å². The average molecular weight is 286 g/mol. The minimum absolute atomic E-state index is 0.117. The summed E-state index contributed by atoms with van der Waals surface area (Å²) in [6.45, 7) is 2.93. The van der Waals surface area contributed by atoms with Crippen molar-refractivity contribution in [1.29, 1.82) is 0 Å². The van der Waals surface area contributed by atoms with Gasteiger partial charge in [-0.05, 0) is 42.3 Å². The molecule has 0 aliphatic rings. The Balaban J connectivity index is 2.26. The molecule has 0 amide bonds. The molecule has 0 spiro atoms. The van der Waals surface area contributed by atoms with Crippen molar-refractivity contribution >= 4 is 5.69 Å². The largest absolute Gasteiger partial charge is 0.378 e. The zero-order valence-electron chi connectivity index (χ0n) is 12.9. The summed E-state index contributed by atoms with van der Waals surface area (Å²) in [7, 11) is 4.05. The molecule has 0 aliphatic heterocycles. The number of nitrogens with one attached hydrogen (secondary N) is 1. The Morgan fingerprint density at radius 2 is 1.86 bits per heavy atom. The molecule has 21 heavy (non-hydrogen) atoms. The fourth-order valence-electron chi connectivity index (χ4n) is 2.46. The molecule has 2 rings (SSSR count). The quantitative estimate of drug-likeness (QED) is 0.869. The van der Waals surface area contributed by atoms with Gasteiger partial charge >= 0.3 is 0 Å². The van der Waals surface area contributed by atoms with Crippen molar-refractivity contribution in [2.24, 2.45) is 0 Å². The lowest BCUT2D eigenvalue weighted by molar-refractivity contribution is 0.528. The summed E-state index contributed by atoms with van der Waals surface area (Å²) in [5.41, 5.74) is 3.09. The van der Waals surface area contributed by atoms with Gasteiger partial charge in [0.1, 0.15) is 5.82 Å². The summed E-state index contributed by atoms with van der Waals surface area (Å²) in [6, 6.07) is 15.5. The van der Waals surface area contributed by atoms with Crippen LogP contribution in [0.2, 0.25) is 0 Å². The molecule has 0 heterocycles. The lowest BCUT2D eigenvalue weighted by Crippen LogP contribution is -2.23. The van der Waals surface area contributed by atoms with Crippen LogP contribution < -0.4 is 10.2 Å². The molecule has 1 unspecified atom stereocenters. The van der Waals surface area contributed by atoms with E-state index in [1.54, 1.807) is 6.07 Å². The summed E-state index contributed by atoms with van der Waals surface area (Å²) in [6.07, 6.45) is 0.650. The van der Waals surface area contributed by atoms with Gasteiger partial charge in [0.15, 0.2) is 0 Å². The maximum Gasteiger partial charge on any atom is 0.126 e. The van der Waals surface area contributed by atoms with E-state index in [1.807, 2.05) is 26.2 Å². The molecule has 0 aromatic heterocycles. The summed E-state index contributed by atoms with van der Waals surface area (Å²) >= 11 is 0. The Morgan fingerprint density at radius 1 is 1.10 bits per heavy atom. The van der Waals surface area contributed by atoms with Gasteiger partial charge < -0.3 is 10.2 Å². The molecule has 2 nitrogen and oxygen atoms in total. The van der Waals surface area contributed by atoms with E-state index in [0.717, 1.165) is 17.8 Å². The number of likely N-dealkylation sites (N-methyl/N-ethyl adjacent to an activating group) is 1. The van der Waals surface area contributed by atoms with E-state index in [2.05, 4.69) is 41.4 Å². The maximum atomic E-state index is 13.9. The van der Waals surface area contributed by atoms with Gasteiger partial charge in [0.05, 0.1) is 0 Å². The van der Waals surface area contributed by atoms with Crippen molar-refractivity contribution in [1.82, 2.24) is 5.32 Å². The second kappa shape index (κ2) is 7.23. The van der Waals surface area contributed by atoms with Crippen LogP contribution in [0.15, 0.2) is 48.5 Å². The third-order valence-electron chi connectivity index (χ3n) is 3.62. The third kappa shape index (κ3) is 4.05. The van der Waals surface area contributed by atoms with Gasteiger partial charge in [-0.2, -0.15) is 0 Å². The molecule has 112 valence electrons. The Bertz CT molecular complexity index is 581. The minimum Gasteiger partial charge on any atom is -0.378 e. The summed E-state index contributed by atoms with van der Waals surface area (Å²) in [5.74, 6) is -0.135. The number of anilines is 1. The summed E-state index contributed by atoms with van der Waals surface area (Å²) in [4.78, 5) is 2.08. The Labute approximate surface area is 126 Å². The summed E-state index contributed by atoms with van der Waals surface area (Å²) < 4.78 is 13.9. The van der Waals surface area contributed by atoms with Crippen LogP contribution in [0.3, 0.4) is 0 Å². The molecule has 3 heteroatoms. The highest BCUT2D eigenvalue weighted by Crippen LogP contribution is 2.23. The monoisotopic (exact) mass is 286 g/mol. The molecule has 0 saturated heterocycles. The van der Waals surface area contributed by atoms with Gasteiger partial charge in [-0.15, -0.1) is 0 Å². The van der Waals surface area contributed by atoms with Crippen molar-refractivity contribution in [2.75, 3.05) is 25.5 Å². The van der Waals surface area contributed by atoms with Gasteiger partial charge in [-0.25, -0.2) is 4.39 Å². The van der Waals surface area contributed by atoms with Crippen molar-refractivity contribution in [3.05, 3.63) is 65.5 Å². The predicted octanol–water partition coefficient (Wildman–Crippen LogP) is 3.79. The fourth-order valence-corrected chi connectivity index (χ4v) is 2.46. The first-order chi connectivity index (χ1) is 10.1. The van der Waals surface area contributed by atoms with Crippen molar-refractivity contribution < 1.29 is 4.39 Å². The van der Waals surface area contributed by atoms with Gasteiger partial charge in [0, 0.05) is 25.8 Å². The Hall–Kier alpha value is -1.87. The number of benzene rings is 2. The molecule has 1 N–H and O–H groups in total. The van der Waals surface area contributed by atoms with Crippen molar-refractivity contribution in [3.63, 3.8) is 0 Å². The zero-order chi connectivity index (χ0) is 15.2. The molecule has 0 aliphatic carbocycles. The molecule has 2 aromatic carbocycles. The lowest BCUT2D eigenvalue weighted by atomic mass is 9.98. The van der Waals surface area contributed by atoms with Crippen LogP contribution in [-0.2, 0) is 6.42 Å². The highest BCUT2D eigenvalue weighted by atomic mass is 19.1. The van der Waals surface area contributed by atoms with E-state index >= 15 is 0 Å². The van der Waals surface area contributed by atoms with E-state index in [-0.39, 0.29) is 11.9 Å². The normalized spacial score (nSPS) is 12.2. The molecule has 1 atom stereocenters. The van der Waals surface area contributed by atoms with E-state index in [4.69, 9.17) is 0 Å².